The third-order valence-electron chi connectivity index (χ3n) is 10.7. The van der Waals surface area contributed by atoms with Gasteiger partial charge in [-0.15, -0.1) is 0 Å². The van der Waals surface area contributed by atoms with Gasteiger partial charge in [0.2, 0.25) is 5.78 Å². The van der Waals surface area contributed by atoms with Crippen molar-refractivity contribution in [3.05, 3.63) is 84.0 Å². The highest BCUT2D eigenvalue weighted by atomic mass is 16.5. The van der Waals surface area contributed by atoms with Crippen LogP contribution in [0.1, 0.15) is 51.5 Å². The average Bonchev–Trinajstić information content (AvgIpc) is 3.24. The number of allylic oxidation sites excluding steroid dienone is 4. The summed E-state index contributed by atoms with van der Waals surface area (Å²) in [4.78, 5) is 38.2. The van der Waals surface area contributed by atoms with Crippen molar-refractivity contribution in [3.8, 4) is 11.5 Å². The van der Waals surface area contributed by atoms with Gasteiger partial charge in [0.1, 0.15) is 17.1 Å². The summed E-state index contributed by atoms with van der Waals surface area (Å²) in [6.45, 7) is 3.50. The molecule has 2 aromatic carbocycles. The first kappa shape index (κ1) is 28.6. The smallest absolute Gasteiger partial charge is 0.310 e. The van der Waals surface area contributed by atoms with Gasteiger partial charge >= 0.3 is 5.97 Å². The number of hydrogen-bond donors (Lipinski definition) is 2. The summed E-state index contributed by atoms with van der Waals surface area (Å²) in [5, 5.41) is 23.4. The van der Waals surface area contributed by atoms with Crippen LogP contribution in [0.15, 0.2) is 78.4 Å². The van der Waals surface area contributed by atoms with Gasteiger partial charge in [-0.2, -0.15) is 0 Å². The van der Waals surface area contributed by atoms with Gasteiger partial charge in [0, 0.05) is 16.7 Å². The van der Waals surface area contributed by atoms with E-state index in [2.05, 4.69) is 6.92 Å². The number of carbonyl (C=O) groups excluding carboxylic acids is 3. The lowest BCUT2D eigenvalue weighted by Crippen LogP contribution is -2.61. The molecule has 7 nitrogen and oxygen atoms in total. The maximum absolute atomic E-state index is 13.5. The number of aliphatic hydroxyl groups is 2. The number of fused-ring (bicyclic) bond motifs is 5. The van der Waals surface area contributed by atoms with E-state index in [0.29, 0.717) is 17.9 Å². The van der Waals surface area contributed by atoms with Gasteiger partial charge in [-0.25, -0.2) is 0 Å². The van der Waals surface area contributed by atoms with Crippen molar-refractivity contribution in [3.63, 3.8) is 0 Å². The number of Topliss-reactive ketones (excluding diaryl/α,β-unsaturated/α-hetero) is 1. The van der Waals surface area contributed by atoms with Crippen molar-refractivity contribution in [1.29, 1.82) is 0 Å². The van der Waals surface area contributed by atoms with Crippen LogP contribution in [0.2, 0.25) is 0 Å². The molecule has 220 valence electrons. The molecule has 4 aliphatic carbocycles. The first-order valence-corrected chi connectivity index (χ1v) is 14.9. The molecular formula is C35H38O7. The van der Waals surface area contributed by atoms with Gasteiger partial charge in [0.25, 0.3) is 0 Å². The van der Waals surface area contributed by atoms with Crippen molar-refractivity contribution in [1.82, 2.24) is 0 Å². The van der Waals surface area contributed by atoms with E-state index >= 15 is 0 Å². The summed E-state index contributed by atoms with van der Waals surface area (Å²) in [6.07, 6.45) is 7.29. The summed E-state index contributed by atoms with van der Waals surface area (Å²) >= 11 is 0. The van der Waals surface area contributed by atoms with E-state index in [1.807, 2.05) is 43.3 Å². The first-order chi connectivity index (χ1) is 20.0. The average molecular weight is 571 g/mol. The molecular weight excluding hydrogens is 532 g/mol. The number of rotatable bonds is 7. The Bertz CT molecular complexity index is 1440. The topological polar surface area (TPSA) is 110 Å². The predicted octanol–water partition coefficient (Wildman–Crippen LogP) is 5.14. The lowest BCUT2D eigenvalue weighted by molar-refractivity contribution is -0.181. The van der Waals surface area contributed by atoms with Crippen molar-refractivity contribution < 1.29 is 34.1 Å². The third kappa shape index (κ3) is 4.73. The van der Waals surface area contributed by atoms with Gasteiger partial charge in [-0.3, -0.25) is 14.4 Å². The number of carbonyl (C=O) groups is 3. The van der Waals surface area contributed by atoms with Crippen molar-refractivity contribution in [2.45, 2.75) is 64.1 Å². The Morgan fingerprint density at radius 2 is 1.71 bits per heavy atom. The predicted molar refractivity (Wildman–Crippen MR) is 156 cm³/mol. The molecule has 0 aliphatic heterocycles. The highest BCUT2D eigenvalue weighted by Crippen LogP contribution is 2.67. The van der Waals surface area contributed by atoms with Crippen LogP contribution in [-0.4, -0.2) is 46.1 Å². The van der Waals surface area contributed by atoms with Crippen molar-refractivity contribution in [2.75, 3.05) is 6.61 Å². The van der Waals surface area contributed by atoms with Crippen LogP contribution in [-0.2, 0) is 25.5 Å². The molecule has 0 saturated heterocycles. The van der Waals surface area contributed by atoms with Crippen LogP contribution in [0.3, 0.4) is 0 Å². The molecule has 7 atom stereocenters. The number of hydrogen-bond acceptors (Lipinski definition) is 7. The standard InChI is InChI=1S/C35H38O7/c1-33-16-14-24(36)19-23(33)10-13-27-28-15-17-35(40,34(28,2)20-29(37)32(27)33)30(38)21-41-31(39)18-22-8-11-26(12-9-22)42-25-6-4-3-5-7-25/h3-9,11-12,14,16,19,27-29,32,37,40H,10,13,15,17-18,20-21H2,1-2H3/t27?,28?,29?,32?,33?,34?,35-/m0/s1. The Hall–Kier alpha value is -3.55. The molecule has 4 aliphatic rings. The largest absolute Gasteiger partial charge is 0.457 e. The van der Waals surface area contributed by atoms with Crippen LogP contribution in [0.25, 0.3) is 0 Å². The van der Waals surface area contributed by atoms with Gasteiger partial charge in [0.15, 0.2) is 12.4 Å². The number of para-hydroxylation sites is 1. The maximum atomic E-state index is 13.5. The molecule has 2 aromatic rings. The van der Waals surface area contributed by atoms with Gasteiger partial charge < -0.3 is 19.7 Å². The van der Waals surface area contributed by atoms with E-state index in [-0.39, 0.29) is 42.8 Å². The normalized spacial score (nSPS) is 35.0. The van der Waals surface area contributed by atoms with E-state index in [0.717, 1.165) is 24.0 Å². The molecule has 0 aromatic heterocycles. The molecule has 42 heavy (non-hydrogen) atoms. The van der Waals surface area contributed by atoms with Gasteiger partial charge in [-0.05, 0) is 85.9 Å². The molecule has 0 spiro atoms. The fourth-order valence-electron chi connectivity index (χ4n) is 8.57. The number of ether oxygens (including phenoxy) is 2. The van der Waals surface area contributed by atoms with Crippen molar-refractivity contribution >= 4 is 17.5 Å². The Labute approximate surface area is 246 Å². The molecule has 3 fully saturated rings. The summed E-state index contributed by atoms with van der Waals surface area (Å²) < 4.78 is 11.2. The fourth-order valence-corrected chi connectivity index (χ4v) is 8.57. The SMILES string of the molecule is CC12C=CC(=O)C=C1CCC1C2C(O)CC2(C)C1CC[C@]2(O)C(=O)COC(=O)Cc1ccc(Oc2ccccc2)cc1. The highest BCUT2D eigenvalue weighted by Gasteiger charge is 2.68. The lowest BCUT2D eigenvalue weighted by atomic mass is 9.46. The minimum atomic E-state index is -1.68. The molecule has 0 radical (unpaired) electrons. The molecule has 0 heterocycles. The van der Waals surface area contributed by atoms with Crippen LogP contribution in [0.4, 0.5) is 0 Å². The Kier molecular flexibility index (Phi) is 7.22. The lowest BCUT2D eigenvalue weighted by Gasteiger charge is -2.59. The molecule has 6 unspecified atom stereocenters. The van der Waals surface area contributed by atoms with Crippen LogP contribution >= 0.6 is 0 Å². The molecule has 0 bridgehead atoms. The van der Waals surface area contributed by atoms with Crippen molar-refractivity contribution in [2.24, 2.45) is 28.6 Å². The van der Waals surface area contributed by atoms with E-state index in [1.54, 1.807) is 36.4 Å². The summed E-state index contributed by atoms with van der Waals surface area (Å²) in [7, 11) is 0. The monoisotopic (exact) mass is 570 g/mol. The fraction of sp³-hybridized carbons (Fsp3) is 0.457. The maximum Gasteiger partial charge on any atom is 0.310 e. The second-order valence-corrected chi connectivity index (χ2v) is 12.9. The minimum absolute atomic E-state index is 0.00978. The second kappa shape index (κ2) is 10.6. The van der Waals surface area contributed by atoms with Crippen LogP contribution in [0.5, 0.6) is 11.5 Å². The third-order valence-corrected chi connectivity index (χ3v) is 10.7. The Morgan fingerprint density at radius 1 is 1.00 bits per heavy atom. The number of aliphatic hydroxyl groups excluding tert-OH is 1. The number of esters is 1. The van der Waals surface area contributed by atoms with E-state index < -0.39 is 40.9 Å². The van der Waals surface area contributed by atoms with Gasteiger partial charge in [0.05, 0.1) is 12.5 Å². The summed E-state index contributed by atoms with van der Waals surface area (Å²) in [5.41, 5.74) is -1.15. The Morgan fingerprint density at radius 3 is 2.45 bits per heavy atom. The zero-order valence-corrected chi connectivity index (χ0v) is 24.1. The van der Waals surface area contributed by atoms with Crippen LogP contribution in [0, 0.1) is 28.6 Å². The minimum Gasteiger partial charge on any atom is -0.457 e. The second-order valence-electron chi connectivity index (χ2n) is 12.9. The zero-order valence-electron chi connectivity index (χ0n) is 24.1. The van der Waals surface area contributed by atoms with Crippen LogP contribution < -0.4 is 4.74 Å². The molecule has 6 rings (SSSR count). The molecule has 7 heteroatoms. The van der Waals surface area contributed by atoms with E-state index in [4.69, 9.17) is 9.47 Å². The van der Waals surface area contributed by atoms with E-state index in [1.165, 1.54) is 0 Å². The summed E-state index contributed by atoms with van der Waals surface area (Å²) in [6, 6.07) is 16.5. The van der Waals surface area contributed by atoms with Gasteiger partial charge in [-0.1, -0.05) is 55.8 Å². The van der Waals surface area contributed by atoms with E-state index in [9.17, 15) is 24.6 Å². The Balaban J connectivity index is 1.09. The molecule has 3 saturated carbocycles. The highest BCUT2D eigenvalue weighted by molar-refractivity contribution is 6.01. The summed E-state index contributed by atoms with van der Waals surface area (Å²) in [5.74, 6) is 0.346. The molecule has 2 N–H and O–H groups in total. The zero-order chi connectivity index (χ0) is 29.7. The number of benzene rings is 2. The quantitative estimate of drug-likeness (QED) is 0.444. The first-order valence-electron chi connectivity index (χ1n) is 14.9. The molecule has 0 amide bonds. The number of ketones is 2.